The zero-order valence-electron chi connectivity index (χ0n) is 24.1. The van der Waals surface area contributed by atoms with E-state index in [0.29, 0.717) is 11.3 Å². The number of carbonyl (C=O) groups excluding carboxylic acids is 2. The Morgan fingerprint density at radius 3 is 2.12 bits per heavy atom. The number of aryl methyl sites for hydroxylation is 1. The molecule has 0 spiro atoms. The molecule has 0 aliphatic heterocycles. The molecule has 214 valence electrons. The molecule has 0 radical (unpaired) electrons. The highest BCUT2D eigenvalue weighted by Gasteiger charge is 2.44. The molecule has 1 unspecified atom stereocenters. The van der Waals surface area contributed by atoms with Crippen molar-refractivity contribution in [2.75, 3.05) is 11.9 Å². The Bertz CT molecular complexity index is 1190. The first-order valence-electron chi connectivity index (χ1n) is 14.7. The van der Waals surface area contributed by atoms with E-state index >= 15 is 0 Å². The molecule has 2 amide bonds. The zero-order chi connectivity index (χ0) is 28.6. The Kier molecular flexibility index (Phi) is 13.4. The van der Waals surface area contributed by atoms with E-state index in [1.54, 1.807) is 0 Å². The molecule has 5 nitrogen and oxygen atoms in total. The quantitative estimate of drug-likeness (QED) is 0.0567. The fourth-order valence-electron chi connectivity index (χ4n) is 4.72. The van der Waals surface area contributed by atoms with Gasteiger partial charge in [0.15, 0.2) is 11.9 Å². The molecule has 0 saturated heterocycles. The summed E-state index contributed by atoms with van der Waals surface area (Å²) in [5.41, 5.74) is 4.75. The van der Waals surface area contributed by atoms with Gasteiger partial charge in [0.25, 0.3) is 0 Å². The summed E-state index contributed by atoms with van der Waals surface area (Å²) in [6.07, 6.45) is 10.5. The van der Waals surface area contributed by atoms with Gasteiger partial charge < -0.3 is 5.32 Å². The Labute approximate surface area is 244 Å². The molecule has 3 rings (SSSR count). The number of hydroxylamine groups is 2. The van der Waals surface area contributed by atoms with Crippen LogP contribution in [-0.4, -0.2) is 27.6 Å². The molecule has 0 aromatic heterocycles. The smallest absolute Gasteiger partial charge is 0.365 e. The van der Waals surface area contributed by atoms with Crippen molar-refractivity contribution in [3.8, 4) is 0 Å². The Hall–Kier alpha value is -2.93. The minimum absolute atomic E-state index is 0.180. The van der Waals surface area contributed by atoms with Gasteiger partial charge in [-0.3, -0.25) is 0 Å². The predicted molar refractivity (Wildman–Crippen MR) is 165 cm³/mol. The van der Waals surface area contributed by atoms with Crippen LogP contribution < -0.4 is 5.32 Å². The van der Waals surface area contributed by atoms with E-state index in [-0.39, 0.29) is 6.42 Å². The van der Waals surface area contributed by atoms with Crippen molar-refractivity contribution in [2.45, 2.75) is 89.4 Å². The van der Waals surface area contributed by atoms with Crippen molar-refractivity contribution < 1.29 is 18.8 Å². The molecule has 0 bridgehead atoms. The molecule has 3 aromatic carbocycles. The highest BCUT2D eigenvalue weighted by molar-refractivity contribution is 7.94. The molecular weight excluding hydrogens is 516 g/mol. The molecule has 0 aliphatic carbocycles. The lowest BCUT2D eigenvalue weighted by atomic mass is 10.0. The van der Waals surface area contributed by atoms with E-state index in [0.717, 1.165) is 68.3 Å². The summed E-state index contributed by atoms with van der Waals surface area (Å²) in [4.78, 5) is 25.9. The SMILES string of the molecule is CCCCCC(=O)[N+](O)(Sc1ccc(Cc2ccccc2)c(NCCCCCCCc2ccccc2)c1)C(C)=O. The highest BCUT2D eigenvalue weighted by atomic mass is 32.2. The second-order valence-corrected chi connectivity index (χ2v) is 11.6. The number of carbonyl (C=O) groups is 2. The van der Waals surface area contributed by atoms with Crippen LogP contribution >= 0.6 is 11.9 Å². The van der Waals surface area contributed by atoms with Gasteiger partial charge in [0, 0.05) is 16.3 Å². The number of quaternary nitrogens is 1. The third kappa shape index (κ3) is 10.2. The van der Waals surface area contributed by atoms with Gasteiger partial charge in [0.1, 0.15) is 0 Å². The first-order chi connectivity index (χ1) is 19.4. The summed E-state index contributed by atoms with van der Waals surface area (Å²) in [7, 11) is 0. The average Bonchev–Trinajstić information content (AvgIpc) is 2.96. The lowest BCUT2D eigenvalue weighted by molar-refractivity contribution is -0.858. The van der Waals surface area contributed by atoms with Crippen molar-refractivity contribution in [3.63, 3.8) is 0 Å². The molecule has 1 atom stereocenters. The normalized spacial score (nSPS) is 12.6. The molecule has 0 saturated carbocycles. The van der Waals surface area contributed by atoms with Crippen molar-refractivity contribution >= 4 is 29.4 Å². The number of hydrogen-bond donors (Lipinski definition) is 2. The van der Waals surface area contributed by atoms with Gasteiger partial charge in [0.2, 0.25) is 0 Å². The zero-order valence-corrected chi connectivity index (χ0v) is 24.9. The molecule has 3 aromatic rings. The number of hydrogen-bond acceptors (Lipinski definition) is 5. The largest absolute Gasteiger partial charge is 0.385 e. The Morgan fingerprint density at radius 2 is 1.45 bits per heavy atom. The van der Waals surface area contributed by atoms with Gasteiger partial charge in [-0.2, -0.15) is 5.21 Å². The first kappa shape index (κ1) is 31.6. The van der Waals surface area contributed by atoms with Crippen LogP contribution in [0, 0.1) is 0 Å². The summed E-state index contributed by atoms with van der Waals surface area (Å²) < 4.78 is -1.26. The number of nitrogens with one attached hydrogen (secondary N) is 1. The summed E-state index contributed by atoms with van der Waals surface area (Å²) in [5.74, 6) is -1.05. The molecule has 2 N–H and O–H groups in total. The minimum atomic E-state index is -1.26. The van der Waals surface area contributed by atoms with Crippen LogP contribution in [0.2, 0.25) is 0 Å². The second-order valence-electron chi connectivity index (χ2n) is 10.4. The van der Waals surface area contributed by atoms with E-state index in [9.17, 15) is 14.8 Å². The number of nitrogens with zero attached hydrogens (tertiary/aromatic N) is 1. The lowest BCUT2D eigenvalue weighted by Crippen LogP contribution is -2.47. The monoisotopic (exact) mass is 561 g/mol. The van der Waals surface area contributed by atoms with E-state index in [1.807, 2.05) is 36.4 Å². The van der Waals surface area contributed by atoms with Gasteiger partial charge in [-0.25, -0.2) is 9.59 Å². The number of rotatable bonds is 17. The van der Waals surface area contributed by atoms with Crippen molar-refractivity contribution in [1.82, 2.24) is 0 Å². The van der Waals surface area contributed by atoms with E-state index in [2.05, 4.69) is 54.7 Å². The van der Waals surface area contributed by atoms with E-state index in [4.69, 9.17) is 0 Å². The molecule has 0 fully saturated rings. The van der Waals surface area contributed by atoms with Crippen LogP contribution in [0.4, 0.5) is 5.69 Å². The predicted octanol–water partition coefficient (Wildman–Crippen LogP) is 8.75. The maximum Gasteiger partial charge on any atom is 0.365 e. The third-order valence-electron chi connectivity index (χ3n) is 7.12. The maximum absolute atomic E-state index is 12.8. The third-order valence-corrected chi connectivity index (χ3v) is 8.31. The Balaban J connectivity index is 1.61. The minimum Gasteiger partial charge on any atom is -0.385 e. The van der Waals surface area contributed by atoms with Crippen molar-refractivity contribution in [2.24, 2.45) is 0 Å². The van der Waals surface area contributed by atoms with Gasteiger partial charge in [-0.15, -0.1) is 0 Å². The summed E-state index contributed by atoms with van der Waals surface area (Å²) >= 11 is 0.899. The molecule has 0 aliphatic rings. The van der Waals surface area contributed by atoms with Gasteiger partial charge in [-0.05, 0) is 60.9 Å². The van der Waals surface area contributed by atoms with Crippen LogP contribution in [0.25, 0.3) is 0 Å². The van der Waals surface area contributed by atoms with Gasteiger partial charge >= 0.3 is 11.8 Å². The topological polar surface area (TPSA) is 66.4 Å². The Morgan fingerprint density at radius 1 is 0.800 bits per heavy atom. The summed E-state index contributed by atoms with van der Waals surface area (Å²) in [6.45, 7) is 4.17. The number of imide groups is 1. The molecule has 40 heavy (non-hydrogen) atoms. The van der Waals surface area contributed by atoms with Crippen molar-refractivity contribution in [1.29, 1.82) is 0 Å². The molecule has 6 heteroatoms. The van der Waals surface area contributed by atoms with Gasteiger partial charge in [0.05, 0.1) is 18.2 Å². The fraction of sp³-hybridized carbons (Fsp3) is 0.412. The van der Waals surface area contributed by atoms with Crippen LogP contribution in [0.15, 0.2) is 83.8 Å². The number of benzene rings is 3. The van der Waals surface area contributed by atoms with E-state index < -0.39 is 15.9 Å². The highest BCUT2D eigenvalue weighted by Crippen LogP contribution is 2.34. The number of unbranched alkanes of at least 4 members (excludes halogenated alkanes) is 6. The maximum atomic E-state index is 12.8. The number of anilines is 1. The van der Waals surface area contributed by atoms with Crippen LogP contribution in [0.1, 0.15) is 88.3 Å². The molecule has 0 heterocycles. The summed E-state index contributed by atoms with van der Waals surface area (Å²) in [5, 5.41) is 14.7. The standard InChI is InChI=1S/C34H45N2O3S/c1-3-4-10-22-34(38)36(39,28(2)37)40-32-24-23-31(26-30-20-14-9-15-21-30)33(27-32)35-25-16-7-5-6-11-17-29-18-12-8-13-19-29/h8-9,12-15,18-21,23-24,27,35,39H,3-7,10-11,16-17,22,25-26H2,1-2H3/q+1. The number of amides is 2. The first-order valence-corrected chi connectivity index (χ1v) is 15.5. The molecular formula is C34H45N2O3S+. The average molecular weight is 562 g/mol. The fourth-order valence-corrected chi connectivity index (χ4v) is 5.65. The van der Waals surface area contributed by atoms with E-state index in [1.165, 1.54) is 37.3 Å². The van der Waals surface area contributed by atoms with Crippen molar-refractivity contribution in [3.05, 3.63) is 95.6 Å². The van der Waals surface area contributed by atoms with Gasteiger partial charge in [-0.1, -0.05) is 106 Å². The van der Waals surface area contributed by atoms with Crippen LogP contribution in [-0.2, 0) is 22.4 Å². The van der Waals surface area contributed by atoms with Crippen LogP contribution in [0.3, 0.4) is 0 Å². The van der Waals surface area contributed by atoms with Crippen LogP contribution in [0.5, 0.6) is 0 Å². The second kappa shape index (κ2) is 17.0. The summed E-state index contributed by atoms with van der Waals surface area (Å²) in [6, 6.07) is 26.9. The lowest BCUT2D eigenvalue weighted by Gasteiger charge is -2.21.